The van der Waals surface area contributed by atoms with E-state index in [9.17, 15) is 23.7 Å². The summed E-state index contributed by atoms with van der Waals surface area (Å²) < 4.78 is 26.6. The van der Waals surface area contributed by atoms with Crippen LogP contribution in [0.15, 0.2) is 41.3 Å². The maximum absolute atomic E-state index is 13.6. The Bertz CT molecular complexity index is 774. The summed E-state index contributed by atoms with van der Waals surface area (Å²) in [5, 5.41) is 12.8. The predicted octanol–water partition coefficient (Wildman–Crippen LogP) is 4.26. The van der Waals surface area contributed by atoms with Gasteiger partial charge in [-0.1, -0.05) is 11.6 Å². The highest BCUT2D eigenvalue weighted by molar-refractivity contribution is 8.00. The van der Waals surface area contributed by atoms with Crippen molar-refractivity contribution in [1.82, 2.24) is 0 Å². The average molecular weight is 359 g/mol. The molecule has 0 aliphatic carbocycles. The van der Waals surface area contributed by atoms with Crippen LogP contribution in [0.4, 0.5) is 20.2 Å². The van der Waals surface area contributed by atoms with Gasteiger partial charge in [0.2, 0.25) is 5.91 Å². The van der Waals surface area contributed by atoms with Crippen molar-refractivity contribution in [3.63, 3.8) is 0 Å². The van der Waals surface area contributed by atoms with E-state index in [1.165, 1.54) is 18.2 Å². The summed E-state index contributed by atoms with van der Waals surface area (Å²) in [7, 11) is 0. The van der Waals surface area contributed by atoms with Crippen LogP contribution in [0, 0.1) is 21.7 Å². The maximum atomic E-state index is 13.6. The second-order valence-corrected chi connectivity index (χ2v) is 5.79. The molecule has 0 radical (unpaired) electrons. The molecular weight excluding hydrogens is 350 g/mol. The Labute approximate surface area is 138 Å². The molecule has 2 aromatic rings. The van der Waals surface area contributed by atoms with Crippen molar-refractivity contribution in [2.24, 2.45) is 0 Å². The van der Waals surface area contributed by atoms with E-state index in [1.54, 1.807) is 0 Å². The first-order valence-corrected chi connectivity index (χ1v) is 7.55. The molecule has 120 valence electrons. The molecule has 2 rings (SSSR count). The number of hydrogen-bond acceptors (Lipinski definition) is 4. The minimum Gasteiger partial charge on any atom is -0.323 e. The van der Waals surface area contributed by atoms with Crippen LogP contribution in [0.5, 0.6) is 0 Å². The quantitative estimate of drug-likeness (QED) is 0.492. The number of nitro benzene ring substituents is 1. The van der Waals surface area contributed by atoms with Crippen LogP contribution in [0.3, 0.4) is 0 Å². The van der Waals surface area contributed by atoms with Crippen LogP contribution in [-0.4, -0.2) is 16.6 Å². The molecule has 0 aliphatic heterocycles. The Morgan fingerprint density at radius 2 is 1.91 bits per heavy atom. The van der Waals surface area contributed by atoms with Crippen molar-refractivity contribution in [1.29, 1.82) is 0 Å². The van der Waals surface area contributed by atoms with E-state index in [0.29, 0.717) is 4.90 Å². The fourth-order valence-electron chi connectivity index (χ4n) is 1.62. The number of benzene rings is 2. The lowest BCUT2D eigenvalue weighted by Gasteiger charge is -2.06. The van der Waals surface area contributed by atoms with E-state index in [1.807, 2.05) is 0 Å². The summed E-state index contributed by atoms with van der Waals surface area (Å²) in [5.74, 6) is -2.00. The summed E-state index contributed by atoms with van der Waals surface area (Å²) in [6, 6.07) is 6.83. The first kappa shape index (κ1) is 17.2. The van der Waals surface area contributed by atoms with Gasteiger partial charge in [0, 0.05) is 17.0 Å². The Kier molecular flexibility index (Phi) is 5.51. The van der Waals surface area contributed by atoms with Gasteiger partial charge < -0.3 is 5.32 Å². The molecule has 0 spiro atoms. The molecule has 1 amide bonds. The van der Waals surface area contributed by atoms with Gasteiger partial charge in [0.05, 0.1) is 21.4 Å². The third-order valence-electron chi connectivity index (χ3n) is 2.70. The molecule has 0 aliphatic rings. The second kappa shape index (κ2) is 7.38. The number of carbonyl (C=O) groups is 1. The second-order valence-electron chi connectivity index (χ2n) is 4.33. The number of halogens is 3. The number of hydrogen-bond donors (Lipinski definition) is 1. The monoisotopic (exact) mass is 358 g/mol. The molecule has 0 saturated heterocycles. The summed E-state index contributed by atoms with van der Waals surface area (Å²) in [4.78, 5) is 22.3. The van der Waals surface area contributed by atoms with Gasteiger partial charge in [0.15, 0.2) is 0 Å². The molecule has 0 heterocycles. The molecule has 0 atom stereocenters. The van der Waals surface area contributed by atoms with Gasteiger partial charge in [-0.3, -0.25) is 14.9 Å². The first-order chi connectivity index (χ1) is 10.9. The number of rotatable bonds is 5. The van der Waals surface area contributed by atoms with Crippen molar-refractivity contribution in [3.05, 3.63) is 63.2 Å². The minimum absolute atomic E-state index is 0.0693. The number of nitro groups is 1. The Balaban J connectivity index is 2.00. The molecule has 1 N–H and O–H groups in total. The fraction of sp³-hybridized carbons (Fsp3) is 0.0714. The lowest BCUT2D eigenvalue weighted by atomic mass is 10.2. The average Bonchev–Trinajstić information content (AvgIpc) is 2.50. The van der Waals surface area contributed by atoms with Crippen molar-refractivity contribution >= 4 is 40.6 Å². The highest BCUT2D eigenvalue weighted by Crippen LogP contribution is 2.25. The largest absolute Gasteiger partial charge is 0.323 e. The number of nitrogens with zero attached hydrogens (tertiary/aromatic N) is 1. The van der Waals surface area contributed by atoms with Crippen LogP contribution >= 0.6 is 23.4 Å². The molecule has 0 bridgehead atoms. The zero-order valence-corrected chi connectivity index (χ0v) is 13.0. The van der Waals surface area contributed by atoms with Gasteiger partial charge in [0.1, 0.15) is 11.6 Å². The standard InChI is InChI=1S/C14H9ClF2N2O3S/c15-10-6-9(2-4-11(10)16)23-7-14(20)18-13-5-8(19(21)22)1-3-12(13)17/h1-6H,7H2,(H,18,20). The Hall–Kier alpha value is -2.19. The van der Waals surface area contributed by atoms with Crippen LogP contribution in [0.25, 0.3) is 0 Å². The van der Waals surface area contributed by atoms with Crippen molar-refractivity contribution in [3.8, 4) is 0 Å². The van der Waals surface area contributed by atoms with E-state index >= 15 is 0 Å². The van der Waals surface area contributed by atoms with Gasteiger partial charge in [0.25, 0.3) is 5.69 Å². The topological polar surface area (TPSA) is 72.2 Å². The van der Waals surface area contributed by atoms with Crippen LogP contribution in [-0.2, 0) is 4.79 Å². The Morgan fingerprint density at radius 3 is 2.57 bits per heavy atom. The summed E-state index contributed by atoms with van der Waals surface area (Å²) in [6.07, 6.45) is 0. The first-order valence-electron chi connectivity index (χ1n) is 6.18. The third kappa shape index (κ3) is 4.64. The number of non-ortho nitro benzene ring substituents is 1. The van der Waals surface area contributed by atoms with E-state index in [-0.39, 0.29) is 22.2 Å². The third-order valence-corrected chi connectivity index (χ3v) is 3.98. The van der Waals surface area contributed by atoms with Gasteiger partial charge in [-0.2, -0.15) is 0 Å². The van der Waals surface area contributed by atoms with Crippen molar-refractivity contribution in [2.45, 2.75) is 4.90 Å². The molecule has 5 nitrogen and oxygen atoms in total. The van der Waals surface area contributed by atoms with Crippen LogP contribution in [0.1, 0.15) is 0 Å². The van der Waals surface area contributed by atoms with Crippen LogP contribution in [0.2, 0.25) is 5.02 Å². The van der Waals surface area contributed by atoms with Gasteiger partial charge in [-0.15, -0.1) is 11.8 Å². The lowest BCUT2D eigenvalue weighted by molar-refractivity contribution is -0.384. The van der Waals surface area contributed by atoms with E-state index in [4.69, 9.17) is 11.6 Å². The summed E-state index contributed by atoms with van der Waals surface area (Å²) in [6.45, 7) is 0. The summed E-state index contributed by atoms with van der Waals surface area (Å²) in [5.41, 5.74) is -0.610. The highest BCUT2D eigenvalue weighted by atomic mass is 35.5. The molecule has 0 saturated carbocycles. The van der Waals surface area contributed by atoms with Crippen molar-refractivity contribution in [2.75, 3.05) is 11.1 Å². The zero-order chi connectivity index (χ0) is 17.0. The summed E-state index contributed by atoms with van der Waals surface area (Å²) >= 11 is 6.69. The Morgan fingerprint density at radius 1 is 1.22 bits per heavy atom. The molecule has 0 fully saturated rings. The maximum Gasteiger partial charge on any atom is 0.271 e. The SMILES string of the molecule is O=C(CSc1ccc(F)c(Cl)c1)Nc1cc([N+](=O)[O-])ccc1F. The minimum atomic E-state index is -0.779. The fourth-order valence-corrected chi connectivity index (χ4v) is 2.61. The smallest absolute Gasteiger partial charge is 0.271 e. The predicted molar refractivity (Wildman–Crippen MR) is 83.8 cm³/mol. The van der Waals surface area contributed by atoms with Gasteiger partial charge in [-0.05, 0) is 24.3 Å². The number of anilines is 1. The molecule has 0 aromatic heterocycles. The molecule has 23 heavy (non-hydrogen) atoms. The van der Waals surface area contributed by atoms with Crippen LogP contribution < -0.4 is 5.32 Å². The van der Waals surface area contributed by atoms with Gasteiger partial charge in [-0.25, -0.2) is 8.78 Å². The molecule has 0 unspecified atom stereocenters. The van der Waals surface area contributed by atoms with E-state index in [0.717, 1.165) is 30.0 Å². The van der Waals surface area contributed by atoms with E-state index < -0.39 is 22.5 Å². The molecule has 9 heteroatoms. The number of nitrogens with one attached hydrogen (secondary N) is 1. The lowest BCUT2D eigenvalue weighted by Crippen LogP contribution is -2.15. The zero-order valence-electron chi connectivity index (χ0n) is 11.4. The van der Waals surface area contributed by atoms with E-state index in [2.05, 4.69) is 5.32 Å². The molecule has 2 aromatic carbocycles. The highest BCUT2D eigenvalue weighted by Gasteiger charge is 2.13. The number of thioether (sulfide) groups is 1. The molecular formula is C14H9ClF2N2O3S. The van der Waals surface area contributed by atoms with Gasteiger partial charge >= 0.3 is 0 Å². The van der Waals surface area contributed by atoms with Crippen molar-refractivity contribution < 1.29 is 18.5 Å². The number of carbonyl (C=O) groups excluding carboxylic acids is 1. The number of amides is 1. The normalized spacial score (nSPS) is 10.4.